The third kappa shape index (κ3) is 5.60. The Morgan fingerprint density at radius 2 is 1.76 bits per heavy atom. The van der Waals surface area contributed by atoms with E-state index >= 15 is 0 Å². The molecule has 3 amide bonds. The van der Waals surface area contributed by atoms with Crippen LogP contribution >= 0.6 is 0 Å². The van der Waals surface area contributed by atoms with Gasteiger partial charge < -0.3 is 16.0 Å². The molecule has 2 aromatic rings. The topological polar surface area (TPSA) is 70.2 Å². The van der Waals surface area contributed by atoms with Crippen LogP contribution in [0.2, 0.25) is 0 Å². The average Bonchev–Trinajstić information content (AvgIpc) is 2.58. The second kappa shape index (κ2) is 8.82. The van der Waals surface area contributed by atoms with Crippen LogP contribution in [0.5, 0.6) is 0 Å². The van der Waals surface area contributed by atoms with Crippen molar-refractivity contribution in [1.82, 2.24) is 10.6 Å². The van der Waals surface area contributed by atoms with Crippen LogP contribution in [-0.2, 0) is 6.42 Å². The first-order valence-electron chi connectivity index (χ1n) is 8.17. The number of urea groups is 1. The lowest BCUT2D eigenvalue weighted by Gasteiger charge is -2.11. The fourth-order valence-corrected chi connectivity index (χ4v) is 2.35. The molecule has 0 saturated heterocycles. The van der Waals surface area contributed by atoms with Crippen LogP contribution in [0.1, 0.15) is 28.4 Å². The van der Waals surface area contributed by atoms with Crippen molar-refractivity contribution in [1.29, 1.82) is 0 Å². The molecule has 2 rings (SSSR count). The van der Waals surface area contributed by atoms with Gasteiger partial charge in [0.1, 0.15) is 5.82 Å². The van der Waals surface area contributed by atoms with Gasteiger partial charge in [-0.05, 0) is 61.7 Å². The molecule has 5 nitrogen and oxygen atoms in total. The first kappa shape index (κ1) is 18.4. The second-order valence-electron chi connectivity index (χ2n) is 5.65. The highest BCUT2D eigenvalue weighted by Gasteiger charge is 2.08. The number of nitrogens with one attached hydrogen (secondary N) is 3. The van der Waals surface area contributed by atoms with Crippen LogP contribution in [0, 0.1) is 12.7 Å². The molecule has 6 heteroatoms. The SMILES string of the molecule is CCNC(=O)c1ccc(NC(=O)NCCc2ccc(F)cc2)c(C)c1. The first-order chi connectivity index (χ1) is 12.0. The van der Waals surface area contributed by atoms with Crippen LogP contribution in [0.3, 0.4) is 0 Å². The van der Waals surface area contributed by atoms with Crippen molar-refractivity contribution in [2.24, 2.45) is 0 Å². The highest BCUT2D eigenvalue weighted by Crippen LogP contribution is 2.16. The smallest absolute Gasteiger partial charge is 0.319 e. The van der Waals surface area contributed by atoms with E-state index in [1.54, 1.807) is 30.3 Å². The minimum atomic E-state index is -0.323. The highest BCUT2D eigenvalue weighted by atomic mass is 19.1. The van der Waals surface area contributed by atoms with Gasteiger partial charge in [0.2, 0.25) is 0 Å². The van der Waals surface area contributed by atoms with Gasteiger partial charge in [0, 0.05) is 24.3 Å². The van der Waals surface area contributed by atoms with Crippen molar-refractivity contribution < 1.29 is 14.0 Å². The van der Waals surface area contributed by atoms with Gasteiger partial charge in [-0.25, -0.2) is 9.18 Å². The lowest BCUT2D eigenvalue weighted by molar-refractivity contribution is 0.0955. The maximum atomic E-state index is 12.8. The molecule has 0 unspecified atom stereocenters. The highest BCUT2D eigenvalue weighted by molar-refractivity contribution is 5.96. The van der Waals surface area contributed by atoms with Gasteiger partial charge in [0.05, 0.1) is 0 Å². The molecule has 0 atom stereocenters. The molecule has 0 saturated carbocycles. The zero-order valence-corrected chi connectivity index (χ0v) is 14.4. The molecule has 2 aromatic carbocycles. The van der Waals surface area contributed by atoms with Gasteiger partial charge in [-0.1, -0.05) is 12.1 Å². The predicted octanol–water partition coefficient (Wildman–Crippen LogP) is 3.25. The molecule has 0 radical (unpaired) electrons. The molecule has 3 N–H and O–H groups in total. The zero-order chi connectivity index (χ0) is 18.2. The summed E-state index contributed by atoms with van der Waals surface area (Å²) in [4.78, 5) is 23.8. The Kier molecular flexibility index (Phi) is 6.51. The molecule has 0 spiro atoms. The van der Waals surface area contributed by atoms with E-state index in [9.17, 15) is 14.0 Å². The predicted molar refractivity (Wildman–Crippen MR) is 96.3 cm³/mol. The van der Waals surface area contributed by atoms with E-state index in [-0.39, 0.29) is 17.8 Å². The Morgan fingerprint density at radius 1 is 1.04 bits per heavy atom. The summed E-state index contributed by atoms with van der Waals surface area (Å²) in [7, 11) is 0. The third-order valence-corrected chi connectivity index (χ3v) is 3.69. The molecule has 0 aromatic heterocycles. The Morgan fingerprint density at radius 3 is 2.40 bits per heavy atom. The summed E-state index contributed by atoms with van der Waals surface area (Å²) in [6, 6.07) is 11.0. The van der Waals surface area contributed by atoms with Crippen LogP contribution in [0.15, 0.2) is 42.5 Å². The summed E-state index contributed by atoms with van der Waals surface area (Å²) >= 11 is 0. The monoisotopic (exact) mass is 343 g/mol. The van der Waals surface area contributed by atoms with Gasteiger partial charge in [0.15, 0.2) is 0 Å². The minimum Gasteiger partial charge on any atom is -0.352 e. The van der Waals surface area contributed by atoms with Gasteiger partial charge >= 0.3 is 6.03 Å². The number of amides is 3. The molecule has 0 aliphatic rings. The fourth-order valence-electron chi connectivity index (χ4n) is 2.35. The molecule has 0 aliphatic heterocycles. The third-order valence-electron chi connectivity index (χ3n) is 3.69. The average molecular weight is 343 g/mol. The number of benzene rings is 2. The van der Waals surface area contributed by atoms with Gasteiger partial charge in [-0.3, -0.25) is 4.79 Å². The van der Waals surface area contributed by atoms with Crippen LogP contribution in [0.25, 0.3) is 0 Å². The number of hydrogen-bond donors (Lipinski definition) is 3. The maximum absolute atomic E-state index is 12.8. The largest absolute Gasteiger partial charge is 0.352 e. The second-order valence-corrected chi connectivity index (χ2v) is 5.65. The summed E-state index contributed by atoms with van der Waals surface area (Å²) in [5, 5.41) is 8.25. The number of carbonyl (C=O) groups is 2. The van der Waals surface area contributed by atoms with E-state index in [0.717, 1.165) is 11.1 Å². The van der Waals surface area contributed by atoms with E-state index in [4.69, 9.17) is 0 Å². The Balaban J connectivity index is 1.85. The fraction of sp³-hybridized carbons (Fsp3) is 0.263. The molecular formula is C19H22FN3O2. The Bertz CT molecular complexity index is 745. The summed E-state index contributed by atoms with van der Waals surface area (Å²) in [5.41, 5.74) is 2.95. The minimum absolute atomic E-state index is 0.138. The Hall–Kier alpha value is -2.89. The maximum Gasteiger partial charge on any atom is 0.319 e. The normalized spacial score (nSPS) is 10.2. The van der Waals surface area contributed by atoms with Crippen molar-refractivity contribution in [3.05, 3.63) is 65.0 Å². The van der Waals surface area contributed by atoms with Crippen molar-refractivity contribution in [3.8, 4) is 0 Å². The summed E-state index contributed by atoms with van der Waals surface area (Å²) < 4.78 is 12.8. The van der Waals surface area contributed by atoms with E-state index in [1.807, 2.05) is 13.8 Å². The standard InChI is InChI=1S/C19H22FN3O2/c1-3-21-18(24)15-6-9-17(13(2)12-15)23-19(25)22-11-10-14-4-7-16(20)8-5-14/h4-9,12H,3,10-11H2,1-2H3,(H,21,24)(H2,22,23,25). The molecular weight excluding hydrogens is 321 g/mol. The molecule has 0 heterocycles. The number of carbonyl (C=O) groups excluding carboxylic acids is 2. The van der Waals surface area contributed by atoms with Crippen molar-refractivity contribution in [2.45, 2.75) is 20.3 Å². The Labute approximate surface area is 146 Å². The number of aryl methyl sites for hydroxylation is 1. The number of halogens is 1. The van der Waals surface area contributed by atoms with E-state index in [1.165, 1.54) is 12.1 Å². The number of hydrogen-bond acceptors (Lipinski definition) is 2. The van der Waals surface area contributed by atoms with Crippen LogP contribution in [0.4, 0.5) is 14.9 Å². The van der Waals surface area contributed by atoms with Gasteiger partial charge in [-0.15, -0.1) is 0 Å². The lowest BCUT2D eigenvalue weighted by Crippen LogP contribution is -2.30. The molecule has 0 fully saturated rings. The van der Waals surface area contributed by atoms with Crippen molar-refractivity contribution >= 4 is 17.6 Å². The quantitative estimate of drug-likeness (QED) is 0.753. The van der Waals surface area contributed by atoms with Crippen LogP contribution in [-0.4, -0.2) is 25.0 Å². The van der Waals surface area contributed by atoms with Crippen molar-refractivity contribution in [2.75, 3.05) is 18.4 Å². The van der Waals surface area contributed by atoms with Crippen molar-refractivity contribution in [3.63, 3.8) is 0 Å². The lowest BCUT2D eigenvalue weighted by atomic mass is 10.1. The van der Waals surface area contributed by atoms with Crippen LogP contribution < -0.4 is 16.0 Å². The molecule has 0 bridgehead atoms. The van der Waals surface area contributed by atoms with E-state index < -0.39 is 0 Å². The summed E-state index contributed by atoms with van der Waals surface area (Å²) in [6.07, 6.45) is 0.614. The number of rotatable bonds is 6. The molecule has 0 aliphatic carbocycles. The van der Waals surface area contributed by atoms with Gasteiger partial charge in [0.25, 0.3) is 5.91 Å². The molecule has 25 heavy (non-hydrogen) atoms. The van der Waals surface area contributed by atoms with Gasteiger partial charge in [-0.2, -0.15) is 0 Å². The van der Waals surface area contributed by atoms with E-state index in [2.05, 4.69) is 16.0 Å². The summed E-state index contributed by atoms with van der Waals surface area (Å²) in [5.74, 6) is -0.415. The number of anilines is 1. The van der Waals surface area contributed by atoms with E-state index in [0.29, 0.717) is 30.8 Å². The molecule has 132 valence electrons. The zero-order valence-electron chi connectivity index (χ0n) is 14.4. The first-order valence-corrected chi connectivity index (χ1v) is 8.17. The summed E-state index contributed by atoms with van der Waals surface area (Å²) in [6.45, 7) is 4.69.